The van der Waals surface area contributed by atoms with E-state index in [1.165, 1.54) is 0 Å². The predicted molar refractivity (Wildman–Crippen MR) is 424 cm³/mol. The van der Waals surface area contributed by atoms with E-state index in [4.69, 9.17) is 118 Å². The SMILES string of the molecule is COCCOCCOCCOCCOCCOCCOCCOCCOCCOCCOCCOCCOCCOCCOCCOCCOCCOCCOCCOCCOCCOCCOCCOCCC(=O)NCCCC[C@H](NC(=O)[C@@H](NC(=O)CCCC(=O)C(C)C)C(C)C)C(=O)Nc1ccc(COC(=O)C(C)C)cc1. The van der Waals surface area contributed by atoms with Crippen LogP contribution in [0.15, 0.2) is 24.3 Å². The molecule has 0 aliphatic heterocycles. The smallest absolute Gasteiger partial charge is 0.308 e. The maximum Gasteiger partial charge on any atom is 0.308 e. The summed E-state index contributed by atoms with van der Waals surface area (Å²) in [5.41, 5.74) is 1.21. The summed E-state index contributed by atoms with van der Waals surface area (Å²) in [6.45, 7) is 32.8. The van der Waals surface area contributed by atoms with Crippen molar-refractivity contribution in [3.63, 3.8) is 0 Å². The van der Waals surface area contributed by atoms with Crippen LogP contribution in [0.3, 0.4) is 0 Å². The minimum Gasteiger partial charge on any atom is -0.461 e. The van der Waals surface area contributed by atoms with Gasteiger partial charge in [-0.2, -0.15) is 0 Å². The number of anilines is 1. The molecule has 0 radical (unpaired) electrons. The number of ketones is 1. The number of ether oxygens (including phenoxy) is 25. The number of rotatable bonds is 91. The first-order valence-electron chi connectivity index (χ1n) is 41.0. The average molecular weight is 1660 g/mol. The molecule has 4 amide bonds. The Bertz CT molecular complexity index is 2360. The molecule has 115 heavy (non-hydrogen) atoms. The van der Waals surface area contributed by atoms with Crippen LogP contribution in [-0.2, 0) is 154 Å². The van der Waals surface area contributed by atoms with Crippen molar-refractivity contribution in [3.05, 3.63) is 29.8 Å². The zero-order chi connectivity index (χ0) is 83.4. The van der Waals surface area contributed by atoms with Crippen molar-refractivity contribution in [3.8, 4) is 0 Å². The number of methoxy groups -OCH3 is 1. The van der Waals surface area contributed by atoms with Crippen LogP contribution in [0, 0.1) is 17.8 Å². The first-order valence-corrected chi connectivity index (χ1v) is 41.0. The van der Waals surface area contributed by atoms with Gasteiger partial charge in [0, 0.05) is 44.5 Å². The maximum atomic E-state index is 13.7. The molecule has 0 saturated heterocycles. The van der Waals surface area contributed by atoms with Crippen LogP contribution in [0.2, 0.25) is 0 Å². The van der Waals surface area contributed by atoms with Gasteiger partial charge in [0.1, 0.15) is 24.5 Å². The highest BCUT2D eigenvalue weighted by molar-refractivity contribution is 5.98. The third-order valence-electron chi connectivity index (χ3n) is 15.8. The molecule has 0 bridgehead atoms. The van der Waals surface area contributed by atoms with Crippen molar-refractivity contribution >= 4 is 41.1 Å². The molecule has 1 rings (SSSR count). The van der Waals surface area contributed by atoms with Crippen molar-refractivity contribution in [2.75, 3.05) is 329 Å². The van der Waals surface area contributed by atoms with Gasteiger partial charge in [-0.1, -0.05) is 53.7 Å². The van der Waals surface area contributed by atoms with Crippen molar-refractivity contribution in [2.45, 2.75) is 105 Å². The van der Waals surface area contributed by atoms with Gasteiger partial charge in [-0.05, 0) is 49.3 Å². The van der Waals surface area contributed by atoms with Crippen LogP contribution in [0.1, 0.15) is 92.1 Å². The summed E-state index contributed by atoms with van der Waals surface area (Å²) in [6.07, 6.45) is 2.12. The highest BCUT2D eigenvalue weighted by Crippen LogP contribution is 2.15. The Labute approximate surface area is 683 Å². The molecule has 1 aromatic carbocycles. The molecule has 0 heterocycles. The second-order valence-electron chi connectivity index (χ2n) is 26.4. The molecule has 0 aliphatic carbocycles. The van der Waals surface area contributed by atoms with Crippen LogP contribution in [0.4, 0.5) is 5.69 Å². The lowest BCUT2D eigenvalue weighted by Gasteiger charge is -2.25. The fourth-order valence-corrected chi connectivity index (χ4v) is 9.29. The number of Topliss-reactive ketones (excluding diaryl/α,β-unsaturated/α-hetero) is 1. The highest BCUT2D eigenvalue weighted by Gasteiger charge is 2.29. The Morgan fingerprint density at radius 2 is 0.600 bits per heavy atom. The number of hydrogen-bond acceptors (Lipinski definition) is 31. The van der Waals surface area contributed by atoms with E-state index in [-0.39, 0.29) is 80.2 Å². The first kappa shape index (κ1) is 108. The molecule has 0 spiro atoms. The quantitative estimate of drug-likeness (QED) is 0.0528. The van der Waals surface area contributed by atoms with E-state index < -0.39 is 23.9 Å². The van der Waals surface area contributed by atoms with Gasteiger partial charge in [-0.15, -0.1) is 0 Å². The normalized spacial score (nSPS) is 12.2. The van der Waals surface area contributed by atoms with Crippen molar-refractivity contribution in [1.82, 2.24) is 16.0 Å². The van der Waals surface area contributed by atoms with Gasteiger partial charge in [0.25, 0.3) is 0 Å². The van der Waals surface area contributed by atoms with E-state index in [9.17, 15) is 28.8 Å². The molecule has 0 fully saturated rings. The molecule has 0 unspecified atom stereocenters. The Hall–Kier alpha value is -4.72. The first-order chi connectivity index (χ1) is 56.2. The number of unbranched alkanes of at least 4 members (excludes halogenated alkanes) is 1. The number of esters is 1. The number of amides is 4. The number of nitrogens with one attached hydrogen (secondary N) is 4. The monoisotopic (exact) mass is 1660 g/mol. The molecule has 35 nitrogen and oxygen atoms in total. The van der Waals surface area contributed by atoms with E-state index in [2.05, 4.69) is 21.3 Å². The molecule has 4 N–H and O–H groups in total. The van der Waals surface area contributed by atoms with Crippen LogP contribution in [0.25, 0.3) is 0 Å². The standard InChI is InChI=1S/C80H146N4O31/c1-68(2)74(85)12-10-13-76(87)84-77(69(3)4)79(89)83-73(78(88)82-72-16-14-71(15-17-72)67-115-80(90)70(5)6)11-8-9-19-81-75(86)18-20-92-23-24-94-27-28-96-31-32-98-35-36-100-39-40-102-43-44-104-47-48-106-51-52-108-55-56-110-59-60-112-63-64-114-66-65-113-62-61-111-58-57-109-54-53-107-50-49-105-46-45-103-42-41-101-38-37-99-34-33-97-30-29-95-26-25-93-22-21-91-7/h14-17,68-70,73,77H,8-13,18-67H2,1-7H3,(H,81,86)(H,82,88)(H,83,89)(H,84,87)/t73-,77-/m0/s1. The molecule has 672 valence electrons. The lowest BCUT2D eigenvalue weighted by molar-refractivity contribution is -0.148. The Balaban J connectivity index is 1.84. The van der Waals surface area contributed by atoms with Crippen molar-refractivity contribution < 1.29 is 147 Å². The minimum absolute atomic E-state index is 0.0644. The zero-order valence-electron chi connectivity index (χ0n) is 70.4. The van der Waals surface area contributed by atoms with E-state index in [0.717, 1.165) is 5.56 Å². The molecule has 2 atom stereocenters. The second kappa shape index (κ2) is 84.3. The summed E-state index contributed by atoms with van der Waals surface area (Å²) in [7, 11) is 1.64. The summed E-state index contributed by atoms with van der Waals surface area (Å²) in [5.74, 6) is -2.48. The van der Waals surface area contributed by atoms with Crippen LogP contribution in [0.5, 0.6) is 0 Å². The van der Waals surface area contributed by atoms with Gasteiger partial charge >= 0.3 is 5.97 Å². The molecule has 0 aromatic heterocycles. The Morgan fingerprint density at radius 1 is 0.304 bits per heavy atom. The largest absolute Gasteiger partial charge is 0.461 e. The number of benzene rings is 1. The minimum atomic E-state index is -0.970. The van der Waals surface area contributed by atoms with Gasteiger partial charge in [-0.25, -0.2) is 0 Å². The lowest BCUT2D eigenvalue weighted by atomic mass is 10.0. The number of hydrogen-bond donors (Lipinski definition) is 4. The van der Waals surface area contributed by atoms with Crippen LogP contribution >= 0.6 is 0 Å². The lowest BCUT2D eigenvalue weighted by Crippen LogP contribution is -2.54. The molecule has 1 aromatic rings. The average Bonchev–Trinajstić information content (AvgIpc) is 0.863. The van der Waals surface area contributed by atoms with E-state index in [0.29, 0.717) is 335 Å². The van der Waals surface area contributed by atoms with Crippen molar-refractivity contribution in [2.24, 2.45) is 17.8 Å². The van der Waals surface area contributed by atoms with Crippen LogP contribution in [-0.4, -0.2) is 372 Å². The van der Waals surface area contributed by atoms with Gasteiger partial charge in [0.15, 0.2) is 0 Å². The molecular formula is C80H146N4O31. The molecular weight excluding hydrogens is 1510 g/mol. The van der Waals surface area contributed by atoms with Gasteiger partial charge in [0.05, 0.1) is 316 Å². The van der Waals surface area contributed by atoms with Gasteiger partial charge in [-0.3, -0.25) is 28.8 Å². The number of carbonyl (C=O) groups excluding carboxylic acids is 6. The third-order valence-corrected chi connectivity index (χ3v) is 15.8. The summed E-state index contributed by atoms with van der Waals surface area (Å²) >= 11 is 0. The summed E-state index contributed by atoms with van der Waals surface area (Å²) in [6, 6.07) is 4.93. The second-order valence-corrected chi connectivity index (χ2v) is 26.4. The number of carbonyl (C=O) groups is 6. The zero-order valence-corrected chi connectivity index (χ0v) is 70.4. The maximum absolute atomic E-state index is 13.7. The Kier molecular flexibility index (Phi) is 79.4. The van der Waals surface area contributed by atoms with E-state index in [1.807, 2.05) is 13.8 Å². The fourth-order valence-electron chi connectivity index (χ4n) is 9.29. The van der Waals surface area contributed by atoms with Crippen molar-refractivity contribution in [1.29, 1.82) is 0 Å². The Morgan fingerprint density at radius 3 is 0.878 bits per heavy atom. The van der Waals surface area contributed by atoms with E-state index >= 15 is 0 Å². The predicted octanol–water partition coefficient (Wildman–Crippen LogP) is 4.05. The summed E-state index contributed by atoms with van der Waals surface area (Å²) < 4.78 is 137. The molecule has 0 saturated carbocycles. The fraction of sp³-hybridized carbons (Fsp3) is 0.850. The van der Waals surface area contributed by atoms with Crippen LogP contribution < -0.4 is 21.3 Å². The molecule has 0 aliphatic rings. The highest BCUT2D eigenvalue weighted by atomic mass is 16.6. The topological polar surface area (TPSA) is 381 Å². The van der Waals surface area contributed by atoms with Gasteiger partial charge < -0.3 is 140 Å². The van der Waals surface area contributed by atoms with Gasteiger partial charge in [0.2, 0.25) is 23.6 Å². The summed E-state index contributed by atoms with van der Waals surface area (Å²) in [4.78, 5) is 76.8. The summed E-state index contributed by atoms with van der Waals surface area (Å²) in [5, 5.41) is 11.3. The van der Waals surface area contributed by atoms with E-state index in [1.54, 1.807) is 59.1 Å². The molecule has 35 heteroatoms. The third kappa shape index (κ3) is 75.3.